The van der Waals surface area contributed by atoms with Crippen LogP contribution in [0.1, 0.15) is 0 Å². The smallest absolute Gasteiger partial charge is 0.0625 e. The molecular formula is C50H34N2. The molecule has 2 heteroatoms. The molecule has 0 unspecified atom stereocenters. The van der Waals surface area contributed by atoms with Crippen molar-refractivity contribution in [3.8, 4) is 27.9 Å². The Bertz CT molecular complexity index is 2850. The monoisotopic (exact) mass is 662 g/mol. The minimum Gasteiger partial charge on any atom is -0.311 e. The van der Waals surface area contributed by atoms with Crippen molar-refractivity contribution in [3.63, 3.8) is 0 Å². The molecule has 244 valence electrons. The molecule has 9 aromatic carbocycles. The van der Waals surface area contributed by atoms with Crippen LogP contribution in [0.2, 0.25) is 0 Å². The molecule has 0 N–H and O–H groups in total. The first-order valence-electron chi connectivity index (χ1n) is 17.9. The Morgan fingerprint density at radius 2 is 0.692 bits per heavy atom. The van der Waals surface area contributed by atoms with Gasteiger partial charge in [0.2, 0.25) is 0 Å². The molecule has 0 saturated heterocycles. The quantitative estimate of drug-likeness (QED) is 0.161. The summed E-state index contributed by atoms with van der Waals surface area (Å²) in [6.07, 6.45) is 0. The third kappa shape index (κ3) is 4.96. The highest BCUT2D eigenvalue weighted by Crippen LogP contribution is 2.43. The maximum absolute atomic E-state index is 2.45. The van der Waals surface area contributed by atoms with E-state index in [1.54, 1.807) is 0 Å². The highest BCUT2D eigenvalue weighted by atomic mass is 15.1. The Morgan fingerprint density at radius 3 is 1.29 bits per heavy atom. The largest absolute Gasteiger partial charge is 0.311 e. The van der Waals surface area contributed by atoms with Crippen LogP contribution in [-0.2, 0) is 0 Å². The minimum atomic E-state index is 1.11. The Morgan fingerprint density at radius 1 is 0.288 bits per heavy atom. The number of rotatable bonds is 6. The van der Waals surface area contributed by atoms with E-state index < -0.39 is 0 Å². The summed E-state index contributed by atoms with van der Waals surface area (Å²) in [5.41, 5.74) is 11.8. The Balaban J connectivity index is 1.04. The number of nitrogens with zero attached hydrogens (tertiary/aromatic N) is 2. The fourth-order valence-corrected chi connectivity index (χ4v) is 7.96. The summed E-state index contributed by atoms with van der Waals surface area (Å²) >= 11 is 0. The van der Waals surface area contributed by atoms with Crippen LogP contribution < -0.4 is 4.90 Å². The fraction of sp³-hybridized carbons (Fsp3) is 0. The lowest BCUT2D eigenvalue weighted by Gasteiger charge is -2.26. The van der Waals surface area contributed by atoms with E-state index in [0.29, 0.717) is 0 Å². The van der Waals surface area contributed by atoms with Crippen LogP contribution in [0.3, 0.4) is 0 Å². The molecule has 0 atom stereocenters. The van der Waals surface area contributed by atoms with Crippen molar-refractivity contribution in [1.82, 2.24) is 4.57 Å². The van der Waals surface area contributed by atoms with Gasteiger partial charge in [0.05, 0.1) is 11.0 Å². The second-order valence-corrected chi connectivity index (χ2v) is 13.3. The number of anilines is 3. The summed E-state index contributed by atoms with van der Waals surface area (Å²) in [5.74, 6) is 0. The molecule has 0 aliphatic heterocycles. The Hall–Kier alpha value is -6.90. The first-order valence-corrected chi connectivity index (χ1v) is 17.9. The highest BCUT2D eigenvalue weighted by Gasteiger charge is 2.19. The lowest BCUT2D eigenvalue weighted by Crippen LogP contribution is -2.09. The molecule has 0 radical (unpaired) electrons. The fourth-order valence-electron chi connectivity index (χ4n) is 7.96. The van der Waals surface area contributed by atoms with Gasteiger partial charge in [-0.2, -0.15) is 0 Å². The van der Waals surface area contributed by atoms with Crippen LogP contribution in [0.5, 0.6) is 0 Å². The van der Waals surface area contributed by atoms with Gasteiger partial charge < -0.3 is 9.47 Å². The molecule has 10 aromatic rings. The van der Waals surface area contributed by atoms with Gasteiger partial charge in [-0.05, 0) is 93.0 Å². The third-order valence-corrected chi connectivity index (χ3v) is 10.4. The highest BCUT2D eigenvalue weighted by molar-refractivity contribution is 6.32. The zero-order valence-corrected chi connectivity index (χ0v) is 28.5. The lowest BCUT2D eigenvalue weighted by molar-refractivity contribution is 1.19. The van der Waals surface area contributed by atoms with Crippen molar-refractivity contribution >= 4 is 60.4 Å². The van der Waals surface area contributed by atoms with E-state index in [9.17, 15) is 0 Å². The summed E-state index contributed by atoms with van der Waals surface area (Å²) in [4.78, 5) is 2.32. The summed E-state index contributed by atoms with van der Waals surface area (Å²) in [6.45, 7) is 0. The molecule has 2 nitrogen and oxygen atoms in total. The standard InChI is InChI=1S/C50H34N2/c1-3-13-35(14-4-1)36-23-29-40(30-24-36)51(39-15-5-2-6-16-39)41-31-25-37(26-32-41)38-27-33-42(34-28-38)52-48-22-12-11-21-47(48)49-45-19-9-7-17-43(45)44-18-8-10-20-46(44)50(49)52/h1-34H. The number of hydrogen-bond acceptors (Lipinski definition) is 1. The van der Waals surface area contributed by atoms with E-state index in [1.807, 2.05) is 0 Å². The average Bonchev–Trinajstić information content (AvgIpc) is 3.58. The van der Waals surface area contributed by atoms with Crippen LogP contribution in [0, 0.1) is 0 Å². The molecule has 1 heterocycles. The molecule has 0 saturated carbocycles. The van der Waals surface area contributed by atoms with E-state index in [2.05, 4.69) is 216 Å². The van der Waals surface area contributed by atoms with Gasteiger partial charge in [0, 0.05) is 38.9 Å². The van der Waals surface area contributed by atoms with Gasteiger partial charge in [-0.1, -0.05) is 152 Å². The zero-order valence-electron chi connectivity index (χ0n) is 28.5. The van der Waals surface area contributed by atoms with Crippen LogP contribution in [0.25, 0.3) is 71.3 Å². The van der Waals surface area contributed by atoms with Gasteiger partial charge in [0.1, 0.15) is 0 Å². The summed E-state index contributed by atoms with van der Waals surface area (Å²) in [6, 6.07) is 74.4. The van der Waals surface area contributed by atoms with Gasteiger partial charge >= 0.3 is 0 Å². The molecule has 1 aromatic heterocycles. The first-order chi connectivity index (χ1) is 25.8. The van der Waals surface area contributed by atoms with Gasteiger partial charge in [-0.3, -0.25) is 0 Å². The normalized spacial score (nSPS) is 11.5. The van der Waals surface area contributed by atoms with Crippen LogP contribution in [0.15, 0.2) is 206 Å². The Labute approximate surface area is 303 Å². The molecule has 0 fully saturated rings. The van der Waals surface area contributed by atoms with Gasteiger partial charge in [0.15, 0.2) is 0 Å². The number of fused-ring (bicyclic) bond motifs is 8. The van der Waals surface area contributed by atoms with Gasteiger partial charge in [0.25, 0.3) is 0 Å². The number of benzene rings is 9. The minimum absolute atomic E-state index is 1.11. The topological polar surface area (TPSA) is 8.17 Å². The molecule has 10 rings (SSSR count). The van der Waals surface area contributed by atoms with E-state index >= 15 is 0 Å². The van der Waals surface area contributed by atoms with Crippen molar-refractivity contribution in [2.24, 2.45) is 0 Å². The van der Waals surface area contributed by atoms with E-state index in [4.69, 9.17) is 0 Å². The summed E-state index contributed by atoms with van der Waals surface area (Å²) in [5, 5.41) is 7.72. The molecule has 0 aliphatic carbocycles. The number of aromatic nitrogens is 1. The first kappa shape index (κ1) is 30.0. The van der Waals surface area contributed by atoms with Gasteiger partial charge in [-0.15, -0.1) is 0 Å². The maximum atomic E-state index is 2.45. The van der Waals surface area contributed by atoms with Crippen molar-refractivity contribution < 1.29 is 0 Å². The predicted octanol–water partition coefficient (Wildman–Crippen LogP) is 13.9. The van der Waals surface area contributed by atoms with Crippen LogP contribution in [0.4, 0.5) is 17.1 Å². The number of hydrogen-bond donors (Lipinski definition) is 0. The Kier molecular flexibility index (Phi) is 7.18. The van der Waals surface area contributed by atoms with Crippen LogP contribution >= 0.6 is 0 Å². The molecule has 0 bridgehead atoms. The molecule has 0 spiro atoms. The van der Waals surface area contributed by atoms with E-state index in [-0.39, 0.29) is 0 Å². The van der Waals surface area contributed by atoms with Crippen molar-refractivity contribution in [1.29, 1.82) is 0 Å². The zero-order chi connectivity index (χ0) is 34.4. The van der Waals surface area contributed by atoms with E-state index in [1.165, 1.54) is 65.6 Å². The second-order valence-electron chi connectivity index (χ2n) is 13.3. The molecule has 52 heavy (non-hydrogen) atoms. The molecular weight excluding hydrogens is 629 g/mol. The van der Waals surface area contributed by atoms with Crippen molar-refractivity contribution in [2.75, 3.05) is 4.90 Å². The van der Waals surface area contributed by atoms with E-state index in [0.717, 1.165) is 22.7 Å². The SMILES string of the molecule is c1ccc(-c2ccc(N(c3ccccc3)c3ccc(-c4ccc(-n5c6ccccc6c6c7ccccc7c7ccccc7c65)cc4)cc3)cc2)cc1. The molecule has 0 amide bonds. The van der Waals surface area contributed by atoms with Crippen molar-refractivity contribution in [3.05, 3.63) is 206 Å². The van der Waals surface area contributed by atoms with Gasteiger partial charge in [-0.25, -0.2) is 0 Å². The second kappa shape index (κ2) is 12.5. The van der Waals surface area contributed by atoms with Crippen LogP contribution in [-0.4, -0.2) is 4.57 Å². The summed E-state index contributed by atoms with van der Waals surface area (Å²) < 4.78 is 2.45. The average molecular weight is 663 g/mol. The summed E-state index contributed by atoms with van der Waals surface area (Å²) in [7, 11) is 0. The third-order valence-electron chi connectivity index (χ3n) is 10.4. The van der Waals surface area contributed by atoms with Crippen molar-refractivity contribution in [2.45, 2.75) is 0 Å². The lowest BCUT2D eigenvalue weighted by atomic mass is 9.97. The predicted molar refractivity (Wildman–Crippen MR) is 221 cm³/mol. The number of para-hydroxylation sites is 2. The molecule has 0 aliphatic rings. The maximum Gasteiger partial charge on any atom is 0.0625 e.